The van der Waals surface area contributed by atoms with E-state index in [0.717, 1.165) is 6.92 Å². The van der Waals surface area contributed by atoms with E-state index in [1.54, 1.807) is 0 Å². The van der Waals surface area contributed by atoms with Crippen LogP contribution in [-0.2, 0) is 4.79 Å². The van der Waals surface area contributed by atoms with Crippen LogP contribution in [0.15, 0.2) is 0 Å². The molecule has 0 spiro atoms. The predicted octanol–water partition coefficient (Wildman–Crippen LogP) is 3.10. The highest BCUT2D eigenvalue weighted by Crippen LogP contribution is 2.52. The third-order valence-corrected chi connectivity index (χ3v) is 2.78. The van der Waals surface area contributed by atoms with E-state index >= 15 is 0 Å². The second-order valence-corrected chi connectivity index (χ2v) is 3.86. The van der Waals surface area contributed by atoms with Crippen molar-refractivity contribution in [3.8, 4) is 0 Å². The van der Waals surface area contributed by atoms with Crippen LogP contribution in [0.1, 0.15) is 6.92 Å². The molecule has 0 aromatic carbocycles. The molecule has 0 fully saturated rings. The zero-order valence-corrected chi connectivity index (χ0v) is 7.99. The summed E-state index contributed by atoms with van der Waals surface area (Å²) in [6.45, 7) is 0.958. The lowest BCUT2D eigenvalue weighted by atomic mass is 10.1. The number of thioether (sulfide) groups is 1. The zero-order valence-electron chi connectivity index (χ0n) is 7.17. The molecule has 0 bridgehead atoms. The van der Waals surface area contributed by atoms with Crippen LogP contribution in [0.2, 0.25) is 0 Å². The molecule has 0 N–H and O–H groups in total. The highest BCUT2D eigenvalue weighted by atomic mass is 32.2. The number of alkyl halides is 6. The minimum absolute atomic E-state index is 0.700. The third kappa shape index (κ3) is 2.37. The van der Waals surface area contributed by atoms with Crippen LogP contribution in [0.3, 0.4) is 0 Å². The summed E-state index contributed by atoms with van der Waals surface area (Å²) in [5, 5.41) is 0. The highest BCUT2D eigenvalue weighted by Gasteiger charge is 2.76. The van der Waals surface area contributed by atoms with Crippen molar-refractivity contribution in [2.45, 2.75) is 24.0 Å². The zero-order chi connectivity index (χ0) is 12.5. The molecule has 0 atom stereocenters. The number of carbonyl (C=O) groups is 1. The minimum Gasteiger partial charge on any atom is -0.259 e. The third-order valence-electron chi connectivity index (χ3n) is 1.44. The Hall–Kier alpha value is -0.470. The van der Waals surface area contributed by atoms with Gasteiger partial charge < -0.3 is 0 Å². The average molecular weight is 258 g/mol. The van der Waals surface area contributed by atoms with Gasteiger partial charge >= 0.3 is 18.4 Å². The Kier molecular flexibility index (Phi) is 4.05. The van der Waals surface area contributed by atoms with Gasteiger partial charge in [-0.05, 0) is 5.75 Å². The minimum atomic E-state index is -6.02. The van der Waals surface area contributed by atoms with Crippen LogP contribution in [0.25, 0.3) is 0 Å². The number of halogens is 7. The summed E-state index contributed by atoms with van der Waals surface area (Å²) in [5.41, 5.74) is 0. The van der Waals surface area contributed by atoms with Gasteiger partial charge in [0.2, 0.25) is 0 Å². The van der Waals surface area contributed by atoms with Gasteiger partial charge in [0.15, 0.2) is 0 Å². The largest absolute Gasteiger partial charge is 0.422 e. The number of hydrogen-bond acceptors (Lipinski definition) is 2. The van der Waals surface area contributed by atoms with E-state index in [2.05, 4.69) is 0 Å². The fourth-order valence-electron chi connectivity index (χ4n) is 0.820. The van der Waals surface area contributed by atoms with E-state index in [0.29, 0.717) is 0 Å². The maximum Gasteiger partial charge on any atom is 0.422 e. The standard InChI is InChI=1S/C6H5F7OS/c1-2-15-4(3(7)14,5(8,9)10)6(11,12)13/h2H2,1H3. The van der Waals surface area contributed by atoms with E-state index < -0.39 is 40.7 Å². The van der Waals surface area contributed by atoms with Crippen molar-refractivity contribution < 1.29 is 35.5 Å². The van der Waals surface area contributed by atoms with Gasteiger partial charge in [-0.3, -0.25) is 4.79 Å². The Bertz CT molecular complexity index is 229. The maximum absolute atomic E-state index is 12.1. The number of rotatable bonds is 3. The van der Waals surface area contributed by atoms with Crippen LogP contribution in [0.4, 0.5) is 30.7 Å². The molecule has 90 valence electrons. The second kappa shape index (κ2) is 4.18. The van der Waals surface area contributed by atoms with E-state index in [1.165, 1.54) is 0 Å². The quantitative estimate of drug-likeness (QED) is 0.571. The van der Waals surface area contributed by atoms with Crippen LogP contribution in [-0.4, -0.2) is 28.9 Å². The summed E-state index contributed by atoms with van der Waals surface area (Å²) < 4.78 is 79.8. The summed E-state index contributed by atoms with van der Waals surface area (Å²) in [5.74, 6) is -0.700. The molecule has 0 aliphatic heterocycles. The van der Waals surface area contributed by atoms with Crippen molar-refractivity contribution in [1.29, 1.82) is 0 Å². The first-order chi connectivity index (χ1) is 6.50. The van der Waals surface area contributed by atoms with Crippen molar-refractivity contribution in [1.82, 2.24) is 0 Å². The monoisotopic (exact) mass is 258 g/mol. The normalized spacial score (nSPS) is 14.1. The van der Waals surface area contributed by atoms with Crippen molar-refractivity contribution >= 4 is 17.8 Å². The first kappa shape index (κ1) is 14.5. The SMILES string of the molecule is CCSC(C(=O)F)(C(F)(F)F)C(F)(F)F. The Labute approximate surface area is 84.0 Å². The fraction of sp³-hybridized carbons (Fsp3) is 0.833. The maximum atomic E-state index is 12.1. The Morgan fingerprint density at radius 3 is 1.47 bits per heavy atom. The summed E-state index contributed by atoms with van der Waals surface area (Å²) in [6, 6.07) is -3.45. The second-order valence-electron chi connectivity index (χ2n) is 2.38. The number of carbonyl (C=O) groups excluding carboxylic acids is 1. The van der Waals surface area contributed by atoms with Gasteiger partial charge in [0.25, 0.3) is 4.75 Å². The van der Waals surface area contributed by atoms with E-state index in [4.69, 9.17) is 0 Å². The summed E-state index contributed by atoms with van der Waals surface area (Å²) >= 11 is -0.829. The van der Waals surface area contributed by atoms with Crippen molar-refractivity contribution in [2.75, 3.05) is 5.75 Å². The molecule has 0 aromatic rings. The first-order valence-corrected chi connectivity index (χ1v) is 4.46. The van der Waals surface area contributed by atoms with Gasteiger partial charge in [-0.1, -0.05) is 6.92 Å². The van der Waals surface area contributed by atoms with Gasteiger partial charge in [0, 0.05) is 0 Å². The summed E-state index contributed by atoms with van der Waals surface area (Å²) in [4.78, 5) is 10.0. The number of hydrogen-bond donors (Lipinski definition) is 0. The van der Waals surface area contributed by atoms with Crippen molar-refractivity contribution in [3.05, 3.63) is 0 Å². The summed E-state index contributed by atoms with van der Waals surface area (Å²) in [7, 11) is 0. The van der Waals surface area contributed by atoms with Crippen LogP contribution >= 0.6 is 11.8 Å². The van der Waals surface area contributed by atoms with Crippen LogP contribution in [0.5, 0.6) is 0 Å². The molecule has 0 rings (SSSR count). The van der Waals surface area contributed by atoms with E-state index in [1.807, 2.05) is 0 Å². The van der Waals surface area contributed by atoms with Gasteiger partial charge in [-0.2, -0.15) is 30.7 Å². The Morgan fingerprint density at radius 2 is 1.40 bits per heavy atom. The molecule has 0 aliphatic carbocycles. The molecule has 0 radical (unpaired) electrons. The molecule has 1 nitrogen and oxygen atoms in total. The van der Waals surface area contributed by atoms with E-state index in [-0.39, 0.29) is 0 Å². The Balaban J connectivity index is 5.61. The van der Waals surface area contributed by atoms with Gasteiger partial charge in [-0.25, -0.2) is 0 Å². The van der Waals surface area contributed by atoms with Crippen LogP contribution in [0, 0.1) is 0 Å². The van der Waals surface area contributed by atoms with Gasteiger partial charge in [-0.15, -0.1) is 11.8 Å². The molecule has 0 saturated carbocycles. The molecule has 0 aliphatic rings. The highest BCUT2D eigenvalue weighted by molar-refractivity contribution is 8.01. The van der Waals surface area contributed by atoms with Gasteiger partial charge in [0.1, 0.15) is 0 Å². The molecular weight excluding hydrogens is 253 g/mol. The molecule has 0 amide bonds. The molecule has 0 aromatic heterocycles. The Morgan fingerprint density at radius 1 is 1.07 bits per heavy atom. The van der Waals surface area contributed by atoms with Crippen LogP contribution < -0.4 is 0 Å². The molecular formula is C6H5F7OS. The topological polar surface area (TPSA) is 17.1 Å². The first-order valence-electron chi connectivity index (χ1n) is 3.48. The van der Waals surface area contributed by atoms with Gasteiger partial charge in [0.05, 0.1) is 0 Å². The van der Waals surface area contributed by atoms with E-state index in [9.17, 15) is 35.5 Å². The molecule has 0 heterocycles. The predicted molar refractivity (Wildman–Crippen MR) is 39.1 cm³/mol. The lowest BCUT2D eigenvalue weighted by molar-refractivity contribution is -0.260. The molecule has 15 heavy (non-hydrogen) atoms. The average Bonchev–Trinajstić information content (AvgIpc) is 1.93. The lowest BCUT2D eigenvalue weighted by Gasteiger charge is -2.31. The lowest BCUT2D eigenvalue weighted by Crippen LogP contribution is -2.58. The molecule has 0 unspecified atom stereocenters. The summed E-state index contributed by atoms with van der Waals surface area (Å²) in [6.07, 6.45) is -12.0. The van der Waals surface area contributed by atoms with Crippen molar-refractivity contribution in [2.24, 2.45) is 0 Å². The van der Waals surface area contributed by atoms with Crippen molar-refractivity contribution in [3.63, 3.8) is 0 Å². The molecule has 9 heteroatoms. The smallest absolute Gasteiger partial charge is 0.259 e. The molecule has 0 saturated heterocycles. The fourth-order valence-corrected chi connectivity index (χ4v) is 1.69.